The molecule has 2 nitrogen and oxygen atoms in total. The third kappa shape index (κ3) is 4.42. The summed E-state index contributed by atoms with van der Waals surface area (Å²) >= 11 is 0. The van der Waals surface area contributed by atoms with Crippen molar-refractivity contribution < 1.29 is 9.59 Å². The Balaban J connectivity index is 1.85. The number of hydrogen-bond donors (Lipinski definition) is 0. The second-order valence-electron chi connectivity index (χ2n) is 6.06. The van der Waals surface area contributed by atoms with Crippen LogP contribution in [0.3, 0.4) is 0 Å². The van der Waals surface area contributed by atoms with Crippen molar-refractivity contribution in [2.75, 3.05) is 0 Å². The van der Waals surface area contributed by atoms with E-state index in [4.69, 9.17) is 0 Å². The van der Waals surface area contributed by atoms with Gasteiger partial charge in [0.25, 0.3) is 0 Å². The minimum absolute atomic E-state index is 0.142. The highest BCUT2D eigenvalue weighted by molar-refractivity contribution is 6.16. The van der Waals surface area contributed by atoms with Gasteiger partial charge in [0.05, 0.1) is 5.92 Å². The van der Waals surface area contributed by atoms with Crippen LogP contribution >= 0.6 is 0 Å². The normalized spacial score (nSPS) is 11.0. The van der Waals surface area contributed by atoms with Crippen LogP contribution in [0.1, 0.15) is 32.7 Å². The second kappa shape index (κ2) is 8.72. The summed E-state index contributed by atoms with van der Waals surface area (Å²) in [5.41, 5.74) is 2.18. The zero-order chi connectivity index (χ0) is 18.2. The molecule has 0 saturated heterocycles. The summed E-state index contributed by atoms with van der Waals surface area (Å²) in [6.07, 6.45) is 4.22. The lowest BCUT2D eigenvalue weighted by molar-refractivity contribution is 0.0809. The summed E-state index contributed by atoms with van der Waals surface area (Å²) in [4.78, 5) is 25.9. The van der Waals surface area contributed by atoms with Crippen molar-refractivity contribution in [3.05, 3.63) is 114 Å². The molecule has 0 unspecified atom stereocenters. The fourth-order valence-electron chi connectivity index (χ4n) is 2.84. The Morgan fingerprint density at radius 3 is 1.54 bits per heavy atom. The largest absolute Gasteiger partial charge is 0.293 e. The lowest BCUT2D eigenvalue weighted by Gasteiger charge is -2.13. The predicted molar refractivity (Wildman–Crippen MR) is 105 cm³/mol. The summed E-state index contributed by atoms with van der Waals surface area (Å²) in [6, 6.07) is 27.9. The molecule has 0 spiro atoms. The number of hydrogen-bond acceptors (Lipinski definition) is 2. The van der Waals surface area contributed by atoms with Crippen LogP contribution < -0.4 is 0 Å². The highest BCUT2D eigenvalue weighted by Gasteiger charge is 2.27. The predicted octanol–water partition coefficient (Wildman–Crippen LogP) is 5.47. The highest BCUT2D eigenvalue weighted by Crippen LogP contribution is 2.20. The van der Waals surface area contributed by atoms with Gasteiger partial charge in [-0.1, -0.05) is 103 Å². The van der Waals surface area contributed by atoms with E-state index in [1.165, 1.54) is 0 Å². The van der Waals surface area contributed by atoms with Gasteiger partial charge in [0.2, 0.25) is 0 Å². The Bertz CT molecular complexity index is 830. The van der Waals surface area contributed by atoms with Gasteiger partial charge in [-0.25, -0.2) is 0 Å². The van der Waals surface area contributed by atoms with E-state index in [0.29, 0.717) is 17.5 Å². The first-order valence-corrected chi connectivity index (χ1v) is 8.66. The number of allylic oxidation sites excluding steroid dienone is 1. The molecule has 0 radical (unpaired) electrons. The molecule has 0 aliphatic rings. The average molecular weight is 340 g/mol. The zero-order valence-corrected chi connectivity index (χ0v) is 14.4. The summed E-state index contributed by atoms with van der Waals surface area (Å²) in [7, 11) is 0. The molecule has 0 aromatic heterocycles. The molecular formula is C24H20O2. The summed E-state index contributed by atoms with van der Waals surface area (Å²) < 4.78 is 0. The molecule has 3 aromatic carbocycles. The van der Waals surface area contributed by atoms with Crippen LogP contribution in [-0.4, -0.2) is 11.6 Å². The molecule has 0 atom stereocenters. The number of carbonyl (C=O) groups excluding carboxylic acids is 2. The fraction of sp³-hybridized carbons (Fsp3) is 0.0833. The van der Waals surface area contributed by atoms with Crippen LogP contribution in [0.2, 0.25) is 0 Å². The van der Waals surface area contributed by atoms with Gasteiger partial charge in [-0.3, -0.25) is 9.59 Å². The minimum atomic E-state index is -0.722. The van der Waals surface area contributed by atoms with Crippen LogP contribution in [0.25, 0.3) is 6.08 Å². The zero-order valence-electron chi connectivity index (χ0n) is 14.4. The molecule has 0 heterocycles. The van der Waals surface area contributed by atoms with Gasteiger partial charge in [0.1, 0.15) is 0 Å². The Morgan fingerprint density at radius 1 is 0.654 bits per heavy atom. The molecule has 0 bridgehead atoms. The maximum absolute atomic E-state index is 12.9. The molecule has 0 amide bonds. The van der Waals surface area contributed by atoms with Crippen LogP contribution in [0.5, 0.6) is 0 Å². The van der Waals surface area contributed by atoms with Crippen molar-refractivity contribution in [1.29, 1.82) is 0 Å². The molecule has 2 heteroatoms. The van der Waals surface area contributed by atoms with Crippen LogP contribution in [0, 0.1) is 5.92 Å². The topological polar surface area (TPSA) is 34.1 Å². The number of benzene rings is 3. The Morgan fingerprint density at radius 2 is 1.08 bits per heavy atom. The number of carbonyl (C=O) groups is 2. The smallest absolute Gasteiger partial charge is 0.174 e. The van der Waals surface area contributed by atoms with E-state index in [2.05, 4.69) is 0 Å². The molecular weight excluding hydrogens is 320 g/mol. The van der Waals surface area contributed by atoms with Gasteiger partial charge in [-0.05, 0) is 12.0 Å². The molecule has 0 fully saturated rings. The maximum Gasteiger partial charge on any atom is 0.174 e. The van der Waals surface area contributed by atoms with E-state index < -0.39 is 5.92 Å². The molecule has 0 aliphatic carbocycles. The van der Waals surface area contributed by atoms with E-state index in [1.807, 2.05) is 78.9 Å². The molecule has 3 rings (SSSR count). The fourth-order valence-corrected chi connectivity index (χ4v) is 2.84. The first-order chi connectivity index (χ1) is 12.8. The highest BCUT2D eigenvalue weighted by atomic mass is 16.1. The minimum Gasteiger partial charge on any atom is -0.293 e. The SMILES string of the molecule is O=C(c1ccccc1)C(CC=Cc1ccccc1)C(=O)c1ccccc1. The molecule has 0 aliphatic heterocycles. The first-order valence-electron chi connectivity index (χ1n) is 8.66. The average Bonchev–Trinajstić information content (AvgIpc) is 2.72. The van der Waals surface area contributed by atoms with Gasteiger partial charge < -0.3 is 0 Å². The van der Waals surface area contributed by atoms with Gasteiger partial charge in [0, 0.05) is 11.1 Å². The number of rotatable bonds is 7. The Hall–Kier alpha value is -3.26. The van der Waals surface area contributed by atoms with E-state index in [9.17, 15) is 9.59 Å². The van der Waals surface area contributed by atoms with Gasteiger partial charge in [-0.2, -0.15) is 0 Å². The van der Waals surface area contributed by atoms with Gasteiger partial charge in [0.15, 0.2) is 11.6 Å². The van der Waals surface area contributed by atoms with E-state index in [1.54, 1.807) is 24.3 Å². The van der Waals surface area contributed by atoms with E-state index in [-0.39, 0.29) is 11.6 Å². The molecule has 0 N–H and O–H groups in total. The van der Waals surface area contributed by atoms with Crippen molar-refractivity contribution in [1.82, 2.24) is 0 Å². The Kier molecular flexibility index (Phi) is 5.89. The first kappa shape index (κ1) is 17.6. The number of ketones is 2. The Labute approximate surface area is 153 Å². The van der Waals surface area contributed by atoms with Crippen molar-refractivity contribution >= 4 is 17.6 Å². The molecule has 26 heavy (non-hydrogen) atoms. The van der Waals surface area contributed by atoms with Gasteiger partial charge in [-0.15, -0.1) is 0 Å². The van der Waals surface area contributed by atoms with Gasteiger partial charge >= 0.3 is 0 Å². The van der Waals surface area contributed by atoms with Crippen LogP contribution in [0.15, 0.2) is 97.1 Å². The monoisotopic (exact) mass is 340 g/mol. The van der Waals surface area contributed by atoms with Crippen molar-refractivity contribution in [2.24, 2.45) is 5.92 Å². The summed E-state index contributed by atoms with van der Waals surface area (Å²) in [5.74, 6) is -1.01. The lowest BCUT2D eigenvalue weighted by atomic mass is 9.87. The van der Waals surface area contributed by atoms with E-state index in [0.717, 1.165) is 5.56 Å². The third-order valence-electron chi connectivity index (χ3n) is 4.23. The molecule has 3 aromatic rings. The third-order valence-corrected chi connectivity index (χ3v) is 4.23. The standard InChI is InChI=1S/C24H20O2/c25-23(20-14-6-2-7-15-20)22(24(26)21-16-8-3-9-17-21)18-10-13-19-11-4-1-5-12-19/h1-17,22H,18H2. The summed E-state index contributed by atoms with van der Waals surface area (Å²) in [5, 5.41) is 0. The molecule has 128 valence electrons. The number of Topliss-reactive ketones (excluding diaryl/α,β-unsaturated/α-hetero) is 2. The van der Waals surface area contributed by atoms with E-state index >= 15 is 0 Å². The quantitative estimate of drug-likeness (QED) is 0.422. The van der Waals surface area contributed by atoms with Crippen molar-refractivity contribution in [2.45, 2.75) is 6.42 Å². The van der Waals surface area contributed by atoms with Crippen molar-refractivity contribution in [3.63, 3.8) is 0 Å². The summed E-state index contributed by atoms with van der Waals surface area (Å²) in [6.45, 7) is 0. The lowest BCUT2D eigenvalue weighted by Crippen LogP contribution is -2.24. The van der Waals surface area contributed by atoms with Crippen LogP contribution in [-0.2, 0) is 0 Å². The van der Waals surface area contributed by atoms with Crippen molar-refractivity contribution in [3.8, 4) is 0 Å². The second-order valence-corrected chi connectivity index (χ2v) is 6.06. The molecule has 0 saturated carbocycles. The maximum atomic E-state index is 12.9. The van der Waals surface area contributed by atoms with Crippen LogP contribution in [0.4, 0.5) is 0 Å².